The minimum absolute atomic E-state index is 0.00265. The van der Waals surface area contributed by atoms with Gasteiger partial charge in [-0.05, 0) is 68.9 Å². The van der Waals surface area contributed by atoms with Gasteiger partial charge < -0.3 is 29.7 Å². The Balaban J connectivity index is 1.68. The van der Waals surface area contributed by atoms with E-state index in [1.54, 1.807) is 0 Å². The van der Waals surface area contributed by atoms with Crippen molar-refractivity contribution in [2.24, 2.45) is 0 Å². The van der Waals surface area contributed by atoms with E-state index in [4.69, 9.17) is 14.4 Å². The molecule has 1 heterocycles. The third-order valence-corrected chi connectivity index (χ3v) is 4.94. The predicted molar refractivity (Wildman–Crippen MR) is 124 cm³/mol. The van der Waals surface area contributed by atoms with Gasteiger partial charge in [0.1, 0.15) is 25.1 Å². The third-order valence-electron chi connectivity index (χ3n) is 4.94. The normalized spacial score (nSPS) is 12.1. The van der Waals surface area contributed by atoms with E-state index < -0.39 is 18.6 Å². The number of aliphatic hydroxyl groups excluding tert-OH is 2. The number of aromatic nitrogens is 2. The van der Waals surface area contributed by atoms with E-state index in [0.717, 1.165) is 28.8 Å². The van der Waals surface area contributed by atoms with E-state index in [2.05, 4.69) is 20.4 Å². The van der Waals surface area contributed by atoms with Crippen LogP contribution in [0, 0.1) is 13.8 Å². The number of benzene rings is 2. The lowest BCUT2D eigenvalue weighted by molar-refractivity contribution is -0.124. The molecule has 0 saturated carbocycles. The number of amides is 1. The van der Waals surface area contributed by atoms with Crippen LogP contribution in [0.4, 0.5) is 0 Å². The van der Waals surface area contributed by atoms with Crippen LogP contribution < -0.4 is 10.1 Å². The van der Waals surface area contributed by atoms with Gasteiger partial charge in [0.15, 0.2) is 0 Å². The zero-order chi connectivity index (χ0) is 24.0. The van der Waals surface area contributed by atoms with Gasteiger partial charge in [-0.1, -0.05) is 17.3 Å². The predicted octanol–water partition coefficient (Wildman–Crippen LogP) is 1.93. The quantitative estimate of drug-likeness (QED) is 0.425. The molecule has 0 aliphatic carbocycles. The molecule has 1 amide bonds. The number of aliphatic hydroxyl groups is 2. The number of carbonyl (C=O) groups is 1. The van der Waals surface area contributed by atoms with Gasteiger partial charge in [0.2, 0.25) is 11.7 Å². The molecule has 3 rings (SSSR count). The maximum absolute atomic E-state index is 11.1. The summed E-state index contributed by atoms with van der Waals surface area (Å²) in [4.78, 5) is 17.7. The number of rotatable bonds is 10. The maximum Gasteiger partial charge on any atom is 0.258 e. The van der Waals surface area contributed by atoms with Crippen LogP contribution in [0.25, 0.3) is 22.8 Å². The Morgan fingerprint density at radius 1 is 1.15 bits per heavy atom. The summed E-state index contributed by atoms with van der Waals surface area (Å²) in [6.45, 7) is 4.04. The van der Waals surface area contributed by atoms with Gasteiger partial charge in [0, 0.05) is 24.2 Å². The lowest BCUT2D eigenvalue weighted by Gasteiger charge is -2.16. The molecule has 1 atom stereocenters. The van der Waals surface area contributed by atoms with Gasteiger partial charge >= 0.3 is 0 Å². The van der Waals surface area contributed by atoms with Crippen LogP contribution in [0.5, 0.6) is 5.75 Å². The Hall–Kier alpha value is -3.27. The largest absolute Gasteiger partial charge is 0.490 e. The second-order valence-corrected chi connectivity index (χ2v) is 8.22. The topological polar surface area (TPSA) is 121 Å². The molecule has 0 radical (unpaired) electrons. The molecular weight excluding hydrogens is 424 g/mol. The SMILES string of the molecule is Cc1cc(-c2noc(-c3ccc(CN(C)C)cc3)n2)cc(C)c1OCC(O)CNC(=O)CO. The molecule has 3 aromatic rings. The van der Waals surface area contributed by atoms with Crippen LogP contribution in [-0.4, -0.2) is 71.1 Å². The van der Waals surface area contributed by atoms with Crippen molar-refractivity contribution in [2.45, 2.75) is 26.5 Å². The number of nitrogens with one attached hydrogen (secondary N) is 1. The van der Waals surface area contributed by atoms with Crippen LogP contribution in [0.3, 0.4) is 0 Å². The van der Waals surface area contributed by atoms with Crippen molar-refractivity contribution in [3.63, 3.8) is 0 Å². The molecule has 9 nitrogen and oxygen atoms in total. The van der Waals surface area contributed by atoms with Crippen LogP contribution in [0.15, 0.2) is 40.9 Å². The lowest BCUT2D eigenvalue weighted by atomic mass is 10.1. The second kappa shape index (κ2) is 11.0. The fraction of sp³-hybridized carbons (Fsp3) is 0.375. The first-order valence-electron chi connectivity index (χ1n) is 10.6. The lowest BCUT2D eigenvalue weighted by Crippen LogP contribution is -2.36. The van der Waals surface area contributed by atoms with E-state index in [1.165, 1.54) is 5.56 Å². The van der Waals surface area contributed by atoms with E-state index in [9.17, 15) is 9.90 Å². The zero-order valence-corrected chi connectivity index (χ0v) is 19.3. The molecule has 9 heteroatoms. The summed E-state index contributed by atoms with van der Waals surface area (Å²) >= 11 is 0. The van der Waals surface area contributed by atoms with Crippen molar-refractivity contribution in [3.8, 4) is 28.6 Å². The molecule has 0 aliphatic heterocycles. The van der Waals surface area contributed by atoms with E-state index >= 15 is 0 Å². The van der Waals surface area contributed by atoms with Crippen LogP contribution in [-0.2, 0) is 11.3 Å². The van der Waals surface area contributed by atoms with Crippen molar-refractivity contribution < 1.29 is 24.3 Å². The average molecular weight is 455 g/mol. The van der Waals surface area contributed by atoms with Crippen molar-refractivity contribution >= 4 is 5.91 Å². The minimum atomic E-state index is -0.900. The Bertz CT molecular complexity index is 1060. The Morgan fingerprint density at radius 3 is 2.42 bits per heavy atom. The number of carbonyl (C=O) groups excluding carboxylic acids is 1. The fourth-order valence-electron chi connectivity index (χ4n) is 3.41. The summed E-state index contributed by atoms with van der Waals surface area (Å²) in [5.41, 5.74) is 4.57. The number of ether oxygens (including phenoxy) is 1. The van der Waals surface area contributed by atoms with E-state index in [0.29, 0.717) is 17.5 Å². The molecule has 176 valence electrons. The molecule has 1 aromatic heterocycles. The van der Waals surface area contributed by atoms with Crippen molar-refractivity contribution in [3.05, 3.63) is 53.1 Å². The monoisotopic (exact) mass is 454 g/mol. The Morgan fingerprint density at radius 2 is 1.82 bits per heavy atom. The number of aryl methyl sites for hydroxylation is 2. The molecule has 2 aromatic carbocycles. The zero-order valence-electron chi connectivity index (χ0n) is 19.3. The minimum Gasteiger partial charge on any atom is -0.490 e. The summed E-state index contributed by atoms with van der Waals surface area (Å²) in [5, 5.41) is 25.2. The highest BCUT2D eigenvalue weighted by Gasteiger charge is 2.15. The first kappa shape index (κ1) is 24.4. The van der Waals surface area contributed by atoms with Gasteiger partial charge in [-0.15, -0.1) is 0 Å². The highest BCUT2D eigenvalue weighted by molar-refractivity contribution is 5.76. The first-order valence-corrected chi connectivity index (χ1v) is 10.6. The van der Waals surface area contributed by atoms with Crippen LogP contribution in [0.2, 0.25) is 0 Å². The Kier molecular flexibility index (Phi) is 8.16. The molecule has 0 saturated heterocycles. The summed E-state index contributed by atoms with van der Waals surface area (Å²) in [7, 11) is 4.05. The molecule has 0 aliphatic rings. The molecule has 33 heavy (non-hydrogen) atoms. The Labute approximate surface area is 193 Å². The van der Waals surface area contributed by atoms with E-state index in [1.807, 2.05) is 64.3 Å². The van der Waals surface area contributed by atoms with Crippen LogP contribution in [0.1, 0.15) is 16.7 Å². The summed E-state index contributed by atoms with van der Waals surface area (Å²) in [5.74, 6) is 1.03. The molecule has 1 unspecified atom stereocenters. The van der Waals surface area contributed by atoms with Crippen LogP contribution >= 0.6 is 0 Å². The number of nitrogens with zero attached hydrogens (tertiary/aromatic N) is 3. The summed E-state index contributed by atoms with van der Waals surface area (Å²) in [6.07, 6.45) is -0.900. The standard InChI is InChI=1S/C24H30N4O5/c1-15-9-19(10-16(2)22(15)32-14-20(30)11-25-21(31)13-29)23-26-24(33-27-23)18-7-5-17(6-8-18)12-28(3)4/h5-10,20,29-30H,11-14H2,1-4H3,(H,25,31). The smallest absolute Gasteiger partial charge is 0.258 e. The van der Waals surface area contributed by atoms with Gasteiger partial charge in [-0.25, -0.2) is 0 Å². The molecule has 0 bridgehead atoms. The number of hydrogen-bond acceptors (Lipinski definition) is 8. The third kappa shape index (κ3) is 6.61. The van der Waals surface area contributed by atoms with Crippen molar-refractivity contribution in [1.29, 1.82) is 0 Å². The second-order valence-electron chi connectivity index (χ2n) is 8.22. The van der Waals surface area contributed by atoms with Crippen molar-refractivity contribution in [2.75, 3.05) is 33.9 Å². The van der Waals surface area contributed by atoms with E-state index in [-0.39, 0.29) is 13.2 Å². The van der Waals surface area contributed by atoms with Crippen molar-refractivity contribution in [1.82, 2.24) is 20.4 Å². The van der Waals surface area contributed by atoms with Gasteiger partial charge in [-0.2, -0.15) is 4.98 Å². The van der Waals surface area contributed by atoms with Gasteiger partial charge in [-0.3, -0.25) is 4.79 Å². The fourth-order valence-corrected chi connectivity index (χ4v) is 3.41. The van der Waals surface area contributed by atoms with Gasteiger partial charge in [0.05, 0.1) is 0 Å². The molecule has 0 fully saturated rings. The number of hydrogen-bond donors (Lipinski definition) is 3. The highest BCUT2D eigenvalue weighted by atomic mass is 16.5. The average Bonchev–Trinajstić information content (AvgIpc) is 3.27. The first-order chi connectivity index (χ1) is 15.8. The highest BCUT2D eigenvalue weighted by Crippen LogP contribution is 2.30. The summed E-state index contributed by atoms with van der Waals surface area (Å²) < 4.78 is 11.3. The molecule has 3 N–H and O–H groups in total. The molecule has 0 spiro atoms. The maximum atomic E-state index is 11.1. The summed E-state index contributed by atoms with van der Waals surface area (Å²) in [6, 6.07) is 11.8. The van der Waals surface area contributed by atoms with Gasteiger partial charge in [0.25, 0.3) is 5.89 Å². The molecular formula is C24H30N4O5.